The highest BCUT2D eigenvalue weighted by Crippen LogP contribution is 2.32. The van der Waals surface area contributed by atoms with Crippen LogP contribution < -0.4 is 21.3 Å². The Morgan fingerprint density at radius 1 is 0.758 bits per heavy atom. The van der Waals surface area contributed by atoms with Crippen molar-refractivity contribution in [1.82, 2.24) is 20.9 Å². The first-order valence-corrected chi connectivity index (χ1v) is 20.5. The fraction of sp³-hybridized carbons (Fsp3) is 0.432. The molecule has 1 unspecified atom stereocenters. The van der Waals surface area contributed by atoms with Crippen molar-refractivity contribution in [3.63, 3.8) is 0 Å². The number of hydrogen-bond donors (Lipinski definition) is 5. The molecule has 0 aliphatic heterocycles. The van der Waals surface area contributed by atoms with Crippen LogP contribution in [0.15, 0.2) is 84.1 Å². The molecule has 18 nitrogen and oxygen atoms in total. The van der Waals surface area contributed by atoms with Gasteiger partial charge in [0.1, 0.15) is 5.82 Å². The minimum absolute atomic E-state index is 0.207. The number of aromatic nitrogens is 1. The van der Waals surface area contributed by atoms with E-state index in [4.69, 9.17) is 29.2 Å². The third-order valence-corrected chi connectivity index (χ3v) is 9.17. The zero-order chi connectivity index (χ0) is 44.2. The number of fused-ring (bicyclic) bond motifs is 1. The molecule has 1 heterocycles. The topological polar surface area (TPSA) is 244 Å². The zero-order valence-corrected chi connectivity index (χ0v) is 35.0. The second-order valence-corrected chi connectivity index (χ2v) is 13.8. The average molecular weight is 857 g/mol. The quantitative estimate of drug-likeness (QED) is 0.0195. The summed E-state index contributed by atoms with van der Waals surface area (Å²) in [6, 6.07) is 21.4. The number of carbonyl (C=O) groups excluding carboxylic acids is 3. The second-order valence-electron chi connectivity index (χ2n) is 13.8. The van der Waals surface area contributed by atoms with Gasteiger partial charge < -0.3 is 50.1 Å². The van der Waals surface area contributed by atoms with E-state index in [-0.39, 0.29) is 31.2 Å². The van der Waals surface area contributed by atoms with Crippen molar-refractivity contribution in [2.24, 2.45) is 5.11 Å². The number of anilines is 1. The molecule has 3 aromatic carbocycles. The van der Waals surface area contributed by atoms with Gasteiger partial charge in [0.15, 0.2) is 0 Å². The van der Waals surface area contributed by atoms with Crippen molar-refractivity contribution in [3.05, 3.63) is 106 Å². The van der Waals surface area contributed by atoms with Crippen molar-refractivity contribution in [1.29, 1.82) is 0 Å². The molecule has 4 rings (SSSR count). The predicted molar refractivity (Wildman–Crippen MR) is 233 cm³/mol. The third-order valence-electron chi connectivity index (χ3n) is 9.17. The maximum absolute atomic E-state index is 13.2. The monoisotopic (exact) mass is 856 g/mol. The Hall–Kier alpha value is -6.14. The highest BCUT2D eigenvalue weighted by Gasteiger charge is 2.20. The van der Waals surface area contributed by atoms with Crippen LogP contribution in [-0.4, -0.2) is 126 Å². The summed E-state index contributed by atoms with van der Waals surface area (Å²) in [5, 5.41) is 26.0. The van der Waals surface area contributed by atoms with E-state index < -0.39 is 17.9 Å². The standard InChI is InChI=1S/C44H56N8O10/c1-32-14-16-47-40(29-32)46-15-4-7-41(53)49-31-42(54)51-39(30-43(55)56)34-10-8-33(9-11-34)35-12-13-38(37-6-3-2-5-36(35)37)44(57)48-17-19-58-21-23-60-25-27-62-28-26-61-24-22-59-20-18-50-52-45/h2-3,5-6,8-14,16,29,39H,4,7,15,17-28,30-31H2,1H3,(H,46,47)(H,48,57)(H,49,53)(H,51,54)(H,55,56). The first-order chi connectivity index (χ1) is 30.2. The van der Waals surface area contributed by atoms with Gasteiger partial charge in [-0.05, 0) is 70.1 Å². The molecule has 0 saturated heterocycles. The largest absolute Gasteiger partial charge is 0.481 e. The molecule has 0 saturated carbocycles. The van der Waals surface area contributed by atoms with Gasteiger partial charge in [-0.15, -0.1) is 0 Å². The van der Waals surface area contributed by atoms with Crippen molar-refractivity contribution in [2.45, 2.75) is 32.2 Å². The van der Waals surface area contributed by atoms with E-state index in [2.05, 4.69) is 36.3 Å². The van der Waals surface area contributed by atoms with Crippen LogP contribution in [0.25, 0.3) is 32.3 Å². The van der Waals surface area contributed by atoms with Crippen LogP contribution in [0.5, 0.6) is 0 Å². The Kier molecular flexibility index (Phi) is 22.2. The van der Waals surface area contributed by atoms with Crippen LogP contribution in [0.3, 0.4) is 0 Å². The minimum atomic E-state index is -1.09. The molecule has 0 spiro atoms. The lowest BCUT2D eigenvalue weighted by molar-refractivity contribution is -0.138. The second kappa shape index (κ2) is 28.4. The van der Waals surface area contributed by atoms with Gasteiger partial charge in [0, 0.05) is 42.7 Å². The van der Waals surface area contributed by atoms with Crippen molar-refractivity contribution < 1.29 is 48.0 Å². The van der Waals surface area contributed by atoms with Gasteiger partial charge in [-0.1, -0.05) is 59.7 Å². The normalized spacial score (nSPS) is 11.4. The Bertz CT molecular complexity index is 2060. The number of hydrogen-bond acceptors (Lipinski definition) is 12. The molecule has 62 heavy (non-hydrogen) atoms. The molecule has 18 heteroatoms. The number of nitrogens with zero attached hydrogens (tertiary/aromatic N) is 4. The highest BCUT2D eigenvalue weighted by atomic mass is 16.6. The molecule has 0 bridgehead atoms. The highest BCUT2D eigenvalue weighted by molar-refractivity contribution is 6.11. The molecule has 3 amide bonds. The maximum Gasteiger partial charge on any atom is 0.305 e. The fourth-order valence-corrected chi connectivity index (χ4v) is 6.15. The van der Waals surface area contributed by atoms with Crippen LogP contribution in [-0.2, 0) is 38.1 Å². The van der Waals surface area contributed by atoms with E-state index in [1.807, 2.05) is 61.5 Å². The molecule has 1 aromatic heterocycles. The molecular weight excluding hydrogens is 801 g/mol. The number of rotatable bonds is 31. The zero-order valence-electron chi connectivity index (χ0n) is 35.0. The summed E-state index contributed by atoms with van der Waals surface area (Å²) in [5.74, 6) is -1.39. The summed E-state index contributed by atoms with van der Waals surface area (Å²) < 4.78 is 27.2. The number of aryl methyl sites for hydroxylation is 1. The first kappa shape index (κ1) is 48.5. The molecular formula is C44H56N8O10. The summed E-state index contributed by atoms with van der Waals surface area (Å²) in [4.78, 5) is 57.0. The number of carboxylic acids is 1. The summed E-state index contributed by atoms with van der Waals surface area (Å²) in [5.41, 5.74) is 12.1. The molecule has 4 aromatic rings. The van der Waals surface area contributed by atoms with Gasteiger partial charge in [-0.3, -0.25) is 19.2 Å². The third kappa shape index (κ3) is 18.2. The molecule has 1 atom stereocenters. The Labute approximate surface area is 360 Å². The Morgan fingerprint density at radius 3 is 2.05 bits per heavy atom. The van der Waals surface area contributed by atoms with E-state index >= 15 is 0 Å². The van der Waals surface area contributed by atoms with E-state index in [0.717, 1.165) is 33.3 Å². The summed E-state index contributed by atoms with van der Waals surface area (Å²) in [6.07, 6.45) is 2.10. The molecule has 332 valence electrons. The number of benzene rings is 3. The van der Waals surface area contributed by atoms with Crippen molar-refractivity contribution in [2.75, 3.05) is 97.6 Å². The Morgan fingerprint density at radius 2 is 1.40 bits per heavy atom. The minimum Gasteiger partial charge on any atom is -0.481 e. The number of azide groups is 1. The van der Waals surface area contributed by atoms with Crippen LogP contribution >= 0.6 is 0 Å². The number of carbonyl (C=O) groups is 4. The SMILES string of the molecule is Cc1ccnc(NCCCC(=O)NCC(=O)NC(CC(=O)O)c2ccc(-c3ccc(C(=O)NCCOCCOCCOCCOCCOCCN=[N+]=[N-])c4ccccc34)cc2)c1. The van der Waals surface area contributed by atoms with Gasteiger partial charge in [0.05, 0.1) is 85.1 Å². The number of aliphatic carboxylic acids is 1. The lowest BCUT2D eigenvalue weighted by Crippen LogP contribution is -2.39. The van der Waals surface area contributed by atoms with E-state index in [1.165, 1.54) is 0 Å². The first-order valence-electron chi connectivity index (χ1n) is 20.5. The number of nitrogens with one attached hydrogen (secondary N) is 4. The molecule has 5 N–H and O–H groups in total. The number of pyridine rings is 1. The maximum atomic E-state index is 13.2. The average Bonchev–Trinajstić information content (AvgIpc) is 3.27. The van der Waals surface area contributed by atoms with Gasteiger partial charge >= 0.3 is 5.97 Å². The molecule has 0 radical (unpaired) electrons. The number of amides is 3. The van der Waals surface area contributed by atoms with Crippen LogP contribution in [0.1, 0.15) is 46.8 Å². The van der Waals surface area contributed by atoms with Crippen LogP contribution in [0.2, 0.25) is 0 Å². The van der Waals surface area contributed by atoms with Gasteiger partial charge in [0.25, 0.3) is 5.91 Å². The van der Waals surface area contributed by atoms with E-state index in [1.54, 1.807) is 24.4 Å². The number of carboxylic acid groups (broad SMARTS) is 1. The van der Waals surface area contributed by atoms with E-state index in [0.29, 0.717) is 103 Å². The lowest BCUT2D eigenvalue weighted by atomic mass is 9.93. The van der Waals surface area contributed by atoms with Gasteiger partial charge in [-0.2, -0.15) is 0 Å². The van der Waals surface area contributed by atoms with Crippen molar-refractivity contribution >= 4 is 40.3 Å². The predicted octanol–water partition coefficient (Wildman–Crippen LogP) is 4.97. The number of ether oxygens (including phenoxy) is 5. The van der Waals surface area contributed by atoms with Gasteiger partial charge in [0.2, 0.25) is 11.8 Å². The van der Waals surface area contributed by atoms with E-state index in [9.17, 15) is 24.3 Å². The summed E-state index contributed by atoms with van der Waals surface area (Å²) >= 11 is 0. The molecule has 0 aliphatic carbocycles. The smallest absolute Gasteiger partial charge is 0.305 e. The van der Waals surface area contributed by atoms with Crippen molar-refractivity contribution in [3.8, 4) is 11.1 Å². The Balaban J connectivity index is 1.16. The molecule has 0 fully saturated rings. The lowest BCUT2D eigenvalue weighted by Gasteiger charge is -2.19. The summed E-state index contributed by atoms with van der Waals surface area (Å²) in [6.45, 7) is 6.80. The molecule has 0 aliphatic rings. The van der Waals surface area contributed by atoms with Crippen LogP contribution in [0.4, 0.5) is 5.82 Å². The fourth-order valence-electron chi connectivity index (χ4n) is 6.15. The summed E-state index contributed by atoms with van der Waals surface area (Å²) in [7, 11) is 0. The van der Waals surface area contributed by atoms with Crippen LogP contribution in [0, 0.1) is 6.92 Å². The van der Waals surface area contributed by atoms with Gasteiger partial charge in [-0.25, -0.2) is 4.98 Å².